The van der Waals surface area contributed by atoms with Crippen LogP contribution in [0.1, 0.15) is 25.6 Å². The lowest BCUT2D eigenvalue weighted by Gasteiger charge is -2.36. The predicted molar refractivity (Wildman–Crippen MR) is 113 cm³/mol. The molecule has 1 amide bonds. The van der Waals surface area contributed by atoms with Crippen molar-refractivity contribution >= 4 is 11.9 Å². The molecule has 4 heterocycles. The molecule has 162 valence electrons. The van der Waals surface area contributed by atoms with Gasteiger partial charge in [-0.15, -0.1) is 5.10 Å². The fourth-order valence-electron chi connectivity index (χ4n) is 3.83. The van der Waals surface area contributed by atoms with E-state index in [-0.39, 0.29) is 5.91 Å². The maximum Gasteiger partial charge on any atom is 0.236 e. The third kappa shape index (κ3) is 4.99. The molecule has 2 aromatic rings. The minimum atomic E-state index is 0.263. The highest BCUT2D eigenvalue weighted by molar-refractivity contribution is 5.80. The Bertz CT molecular complexity index is 833. The van der Waals surface area contributed by atoms with E-state index in [1.165, 1.54) is 0 Å². The van der Waals surface area contributed by atoms with Gasteiger partial charge in [0, 0.05) is 45.8 Å². The van der Waals surface area contributed by atoms with E-state index in [4.69, 9.17) is 9.41 Å². The van der Waals surface area contributed by atoms with E-state index in [9.17, 15) is 4.79 Å². The van der Waals surface area contributed by atoms with Crippen molar-refractivity contribution in [3.05, 3.63) is 24.2 Å². The molecule has 4 rings (SSSR count). The highest BCUT2D eigenvalue weighted by atomic mass is 16.3. The van der Waals surface area contributed by atoms with E-state index in [0.29, 0.717) is 30.5 Å². The summed E-state index contributed by atoms with van der Waals surface area (Å²) in [5.41, 5.74) is 0. The van der Waals surface area contributed by atoms with Crippen molar-refractivity contribution in [1.29, 1.82) is 0 Å². The number of piperazine rings is 1. The Morgan fingerprint density at radius 3 is 2.70 bits per heavy atom. The molecule has 2 aliphatic rings. The second kappa shape index (κ2) is 9.75. The first-order valence-corrected chi connectivity index (χ1v) is 10.7. The number of aromatic amines is 1. The summed E-state index contributed by atoms with van der Waals surface area (Å²) >= 11 is 0. The van der Waals surface area contributed by atoms with Gasteiger partial charge in [0.25, 0.3) is 0 Å². The second-order valence-corrected chi connectivity index (χ2v) is 7.60. The molecule has 0 atom stereocenters. The monoisotopic (exact) mass is 414 g/mol. The van der Waals surface area contributed by atoms with Crippen LogP contribution in [-0.4, -0.2) is 94.1 Å². The molecule has 0 spiro atoms. The van der Waals surface area contributed by atoms with Gasteiger partial charge in [-0.05, 0) is 31.9 Å². The first-order valence-electron chi connectivity index (χ1n) is 10.7. The van der Waals surface area contributed by atoms with Gasteiger partial charge in [-0.1, -0.05) is 0 Å². The number of aliphatic imine (C=N–C) groups is 1. The van der Waals surface area contributed by atoms with Crippen molar-refractivity contribution in [2.45, 2.75) is 26.3 Å². The highest BCUT2D eigenvalue weighted by Gasteiger charge is 2.24. The van der Waals surface area contributed by atoms with Crippen molar-refractivity contribution in [2.24, 2.45) is 4.99 Å². The summed E-state index contributed by atoms with van der Waals surface area (Å²) in [5.74, 6) is 2.98. The fourth-order valence-corrected chi connectivity index (χ4v) is 3.83. The molecular weight excluding hydrogens is 384 g/mol. The number of carbonyl (C=O) groups excluding carboxylic acids is 1. The Morgan fingerprint density at radius 2 is 2.00 bits per heavy atom. The number of guanidine groups is 1. The Hall–Kier alpha value is -2.88. The lowest BCUT2D eigenvalue weighted by atomic mass is 10.3. The Labute approximate surface area is 176 Å². The van der Waals surface area contributed by atoms with Crippen LogP contribution in [0.4, 0.5) is 0 Å². The van der Waals surface area contributed by atoms with E-state index in [2.05, 4.69) is 37.2 Å². The number of likely N-dealkylation sites (tertiary alicyclic amines) is 1. The van der Waals surface area contributed by atoms with E-state index < -0.39 is 0 Å². The summed E-state index contributed by atoms with van der Waals surface area (Å²) in [6, 6.07) is 3.64. The average Bonchev–Trinajstić information content (AvgIpc) is 3.54. The molecule has 2 N–H and O–H groups in total. The normalized spacial score (nSPS) is 18.2. The number of H-pyrrole nitrogens is 1. The van der Waals surface area contributed by atoms with Crippen LogP contribution in [0.15, 0.2) is 27.8 Å². The number of rotatable bonds is 6. The zero-order valence-corrected chi connectivity index (χ0v) is 17.5. The number of hydrogen-bond acceptors (Lipinski definition) is 6. The van der Waals surface area contributed by atoms with Gasteiger partial charge in [0.1, 0.15) is 12.4 Å². The zero-order chi connectivity index (χ0) is 20.8. The zero-order valence-electron chi connectivity index (χ0n) is 17.5. The van der Waals surface area contributed by atoms with Crippen LogP contribution in [0.2, 0.25) is 0 Å². The van der Waals surface area contributed by atoms with Gasteiger partial charge in [0.2, 0.25) is 11.7 Å². The van der Waals surface area contributed by atoms with E-state index in [0.717, 1.165) is 64.6 Å². The van der Waals surface area contributed by atoms with Crippen molar-refractivity contribution in [2.75, 3.05) is 52.4 Å². The van der Waals surface area contributed by atoms with Gasteiger partial charge in [-0.3, -0.25) is 14.8 Å². The number of carbonyl (C=O) groups is 1. The average molecular weight is 415 g/mol. The van der Waals surface area contributed by atoms with Crippen molar-refractivity contribution in [1.82, 2.24) is 35.2 Å². The fraction of sp³-hybridized carbons (Fsp3) is 0.600. The maximum atomic E-state index is 12.4. The summed E-state index contributed by atoms with van der Waals surface area (Å²) in [6.45, 7) is 9.01. The molecule has 2 aliphatic heterocycles. The van der Waals surface area contributed by atoms with Crippen LogP contribution >= 0.6 is 0 Å². The molecule has 0 unspecified atom stereocenters. The molecule has 0 aliphatic carbocycles. The summed E-state index contributed by atoms with van der Waals surface area (Å²) in [7, 11) is 0. The Balaban J connectivity index is 1.30. The van der Waals surface area contributed by atoms with Gasteiger partial charge in [-0.25, -0.2) is 9.98 Å². The van der Waals surface area contributed by atoms with Crippen molar-refractivity contribution in [3.63, 3.8) is 0 Å². The van der Waals surface area contributed by atoms with Crippen molar-refractivity contribution < 1.29 is 9.21 Å². The first-order chi connectivity index (χ1) is 14.7. The first kappa shape index (κ1) is 20.4. The van der Waals surface area contributed by atoms with Gasteiger partial charge >= 0.3 is 0 Å². The maximum absolute atomic E-state index is 12.4. The standard InChI is InChI=1S/C20H30N8O2/c1-2-21-20(22-14-17-23-19(25-24-17)16-6-5-13-30-16)28-11-9-26(10-12-28)15-18(29)27-7-3-4-8-27/h5-6,13H,2-4,7-12,14-15H2,1H3,(H,21,22)(H,23,24,25). The minimum absolute atomic E-state index is 0.263. The molecule has 2 fully saturated rings. The lowest BCUT2D eigenvalue weighted by molar-refractivity contribution is -0.131. The molecule has 0 radical (unpaired) electrons. The quantitative estimate of drug-likeness (QED) is 0.531. The number of furan rings is 1. The van der Waals surface area contributed by atoms with Crippen LogP contribution < -0.4 is 5.32 Å². The SMILES string of the molecule is CCNC(=NCc1nc(-c2ccco2)n[nH]1)N1CCN(CC(=O)N2CCCC2)CC1. The molecule has 0 bridgehead atoms. The second-order valence-electron chi connectivity index (χ2n) is 7.60. The third-order valence-corrected chi connectivity index (χ3v) is 5.48. The van der Waals surface area contributed by atoms with Crippen LogP contribution in [0.3, 0.4) is 0 Å². The number of nitrogens with one attached hydrogen (secondary N) is 2. The molecule has 0 saturated carbocycles. The molecule has 10 nitrogen and oxygen atoms in total. The topological polar surface area (TPSA) is 106 Å². The number of nitrogens with zero attached hydrogens (tertiary/aromatic N) is 6. The smallest absolute Gasteiger partial charge is 0.236 e. The van der Waals surface area contributed by atoms with Crippen LogP contribution in [-0.2, 0) is 11.3 Å². The minimum Gasteiger partial charge on any atom is -0.461 e. The number of amides is 1. The lowest BCUT2D eigenvalue weighted by Crippen LogP contribution is -2.54. The molecule has 10 heteroatoms. The van der Waals surface area contributed by atoms with E-state index in [1.54, 1.807) is 6.26 Å². The third-order valence-electron chi connectivity index (χ3n) is 5.48. The number of aromatic nitrogens is 3. The Morgan fingerprint density at radius 1 is 1.20 bits per heavy atom. The summed E-state index contributed by atoms with van der Waals surface area (Å²) < 4.78 is 5.33. The van der Waals surface area contributed by atoms with Gasteiger partial charge in [0.05, 0.1) is 12.8 Å². The van der Waals surface area contributed by atoms with Crippen LogP contribution in [0, 0.1) is 0 Å². The Kier molecular flexibility index (Phi) is 6.63. The van der Waals surface area contributed by atoms with Gasteiger partial charge < -0.3 is 19.5 Å². The largest absolute Gasteiger partial charge is 0.461 e. The summed E-state index contributed by atoms with van der Waals surface area (Å²) in [6.07, 6.45) is 3.87. The predicted octanol–water partition coefficient (Wildman–Crippen LogP) is 0.770. The summed E-state index contributed by atoms with van der Waals surface area (Å²) in [5, 5.41) is 10.5. The highest BCUT2D eigenvalue weighted by Crippen LogP contribution is 2.15. The molecule has 0 aromatic carbocycles. The molecule has 2 aromatic heterocycles. The van der Waals surface area contributed by atoms with E-state index >= 15 is 0 Å². The van der Waals surface area contributed by atoms with E-state index in [1.807, 2.05) is 17.0 Å². The molecular formula is C20H30N8O2. The summed E-state index contributed by atoms with van der Waals surface area (Å²) in [4.78, 5) is 28.0. The van der Waals surface area contributed by atoms with Gasteiger partial charge in [-0.2, -0.15) is 0 Å². The molecule has 2 saturated heterocycles. The molecule has 30 heavy (non-hydrogen) atoms. The number of hydrogen-bond donors (Lipinski definition) is 2. The van der Waals surface area contributed by atoms with Crippen LogP contribution in [0.25, 0.3) is 11.6 Å². The van der Waals surface area contributed by atoms with Crippen molar-refractivity contribution in [3.8, 4) is 11.6 Å². The van der Waals surface area contributed by atoms with Gasteiger partial charge in [0.15, 0.2) is 11.7 Å². The van der Waals surface area contributed by atoms with Crippen LogP contribution in [0.5, 0.6) is 0 Å².